The van der Waals surface area contributed by atoms with Gasteiger partial charge in [0.25, 0.3) is 10.0 Å². The summed E-state index contributed by atoms with van der Waals surface area (Å²) in [5.41, 5.74) is 1.78. The molecule has 0 heterocycles. The van der Waals surface area contributed by atoms with E-state index in [-0.39, 0.29) is 29.0 Å². The minimum absolute atomic E-state index is 0.00556. The van der Waals surface area contributed by atoms with E-state index in [2.05, 4.69) is 5.32 Å². The first kappa shape index (κ1) is 35.8. The quantitative estimate of drug-likeness (QED) is 0.145. The van der Waals surface area contributed by atoms with Crippen LogP contribution in [0.2, 0.25) is 10.0 Å². The number of amides is 2. The molecule has 4 aromatic carbocycles. The van der Waals surface area contributed by atoms with Crippen molar-refractivity contribution in [3.8, 4) is 11.5 Å². The van der Waals surface area contributed by atoms with Crippen molar-refractivity contribution in [3.05, 3.63) is 118 Å². The molecule has 0 spiro atoms. The number of benzene rings is 4. The number of hydrogen-bond acceptors (Lipinski definition) is 5. The van der Waals surface area contributed by atoms with Crippen molar-refractivity contribution in [1.29, 1.82) is 0 Å². The third-order valence-corrected chi connectivity index (χ3v) is 9.93. The van der Waals surface area contributed by atoms with E-state index < -0.39 is 28.5 Å². The molecule has 2 amide bonds. The Morgan fingerprint density at radius 2 is 1.49 bits per heavy atom. The Hall–Kier alpha value is -4.05. The lowest BCUT2D eigenvalue weighted by Crippen LogP contribution is -2.52. The fraction of sp³-hybridized carbons (Fsp3) is 0.278. The van der Waals surface area contributed by atoms with Crippen molar-refractivity contribution < 1.29 is 22.7 Å². The van der Waals surface area contributed by atoms with Crippen LogP contribution in [-0.2, 0) is 26.2 Å². The van der Waals surface area contributed by atoms with Crippen LogP contribution in [0.3, 0.4) is 0 Å². The fourth-order valence-electron chi connectivity index (χ4n) is 4.85. The van der Waals surface area contributed by atoms with E-state index >= 15 is 0 Å². The molecule has 1 atom stereocenters. The summed E-state index contributed by atoms with van der Waals surface area (Å²) in [6.07, 6.45) is 0.299. The fourth-order valence-corrected chi connectivity index (χ4v) is 6.58. The van der Waals surface area contributed by atoms with Crippen LogP contribution in [0, 0.1) is 12.8 Å². The molecule has 0 aromatic heterocycles. The molecular formula is C36H39Cl2N3O5S. The average molecular weight is 697 g/mol. The molecule has 0 aliphatic heterocycles. The van der Waals surface area contributed by atoms with E-state index in [1.165, 1.54) is 17.0 Å². The maximum Gasteiger partial charge on any atom is 0.264 e. The molecule has 0 unspecified atom stereocenters. The second-order valence-corrected chi connectivity index (χ2v) is 14.2. The van der Waals surface area contributed by atoms with Crippen LogP contribution in [0.1, 0.15) is 38.3 Å². The zero-order valence-corrected chi connectivity index (χ0v) is 29.1. The molecule has 0 saturated carbocycles. The third kappa shape index (κ3) is 9.50. The van der Waals surface area contributed by atoms with Gasteiger partial charge in [-0.2, -0.15) is 0 Å². The van der Waals surface area contributed by atoms with Gasteiger partial charge in [0.2, 0.25) is 11.8 Å². The van der Waals surface area contributed by atoms with Gasteiger partial charge in [-0.15, -0.1) is 0 Å². The van der Waals surface area contributed by atoms with Gasteiger partial charge in [-0.25, -0.2) is 8.42 Å². The zero-order chi connectivity index (χ0) is 34.1. The standard InChI is InChI=1S/C36H39Cl2N3O5S/c1-5-34(36(43)39-22-25(2)3)40(23-27-13-20-32(37)33(38)21-27)35(42)24-41(47(44,45)31-18-11-26(4)12-19-31)28-14-16-30(17-15-28)46-29-9-7-6-8-10-29/h6-21,25,34H,5,22-24H2,1-4H3,(H,39,43)/t34-/m0/s1. The highest BCUT2D eigenvalue weighted by Gasteiger charge is 2.34. The Labute approximate surface area is 287 Å². The summed E-state index contributed by atoms with van der Waals surface area (Å²) in [6.45, 7) is 7.49. The van der Waals surface area contributed by atoms with E-state index in [9.17, 15) is 18.0 Å². The first-order valence-corrected chi connectivity index (χ1v) is 17.5. The van der Waals surface area contributed by atoms with Gasteiger partial charge in [-0.1, -0.05) is 85.9 Å². The monoisotopic (exact) mass is 695 g/mol. The molecule has 248 valence electrons. The summed E-state index contributed by atoms with van der Waals surface area (Å²) in [5, 5.41) is 3.57. The molecule has 4 rings (SSSR count). The molecular weight excluding hydrogens is 657 g/mol. The Morgan fingerprint density at radius 1 is 0.851 bits per heavy atom. The van der Waals surface area contributed by atoms with Crippen molar-refractivity contribution in [2.45, 2.75) is 51.6 Å². The molecule has 0 aliphatic carbocycles. The van der Waals surface area contributed by atoms with Crippen molar-refractivity contribution in [1.82, 2.24) is 10.2 Å². The molecule has 4 aromatic rings. The zero-order valence-electron chi connectivity index (χ0n) is 26.8. The molecule has 0 radical (unpaired) electrons. The van der Waals surface area contributed by atoms with Crippen molar-refractivity contribution in [3.63, 3.8) is 0 Å². The van der Waals surface area contributed by atoms with Crippen LogP contribution in [0.25, 0.3) is 0 Å². The number of ether oxygens (including phenoxy) is 1. The number of carbonyl (C=O) groups excluding carboxylic acids is 2. The van der Waals surface area contributed by atoms with Crippen molar-refractivity contribution in [2.75, 3.05) is 17.4 Å². The van der Waals surface area contributed by atoms with Gasteiger partial charge >= 0.3 is 0 Å². The number of sulfonamides is 1. The number of aryl methyl sites for hydroxylation is 1. The number of carbonyl (C=O) groups is 2. The Bertz CT molecular complexity index is 1770. The summed E-state index contributed by atoms with van der Waals surface area (Å²) in [5.74, 6) is 0.416. The maximum atomic E-state index is 14.3. The number of hydrogen-bond donors (Lipinski definition) is 1. The predicted molar refractivity (Wildman–Crippen MR) is 188 cm³/mol. The number of nitrogens with one attached hydrogen (secondary N) is 1. The Morgan fingerprint density at radius 3 is 2.09 bits per heavy atom. The summed E-state index contributed by atoms with van der Waals surface area (Å²) < 4.78 is 35.3. The normalized spacial score (nSPS) is 12.0. The van der Waals surface area contributed by atoms with Crippen LogP contribution in [0.4, 0.5) is 5.69 Å². The van der Waals surface area contributed by atoms with E-state index in [1.807, 2.05) is 51.1 Å². The van der Waals surface area contributed by atoms with Crippen molar-refractivity contribution >= 4 is 50.7 Å². The molecule has 47 heavy (non-hydrogen) atoms. The average Bonchev–Trinajstić information content (AvgIpc) is 3.05. The number of rotatable bonds is 14. The molecule has 0 bridgehead atoms. The second-order valence-electron chi connectivity index (χ2n) is 11.6. The van der Waals surface area contributed by atoms with Crippen LogP contribution in [-0.4, -0.2) is 44.3 Å². The third-order valence-electron chi connectivity index (χ3n) is 7.40. The van der Waals surface area contributed by atoms with Crippen LogP contribution < -0.4 is 14.4 Å². The lowest BCUT2D eigenvalue weighted by molar-refractivity contribution is -0.140. The smallest absolute Gasteiger partial charge is 0.264 e. The summed E-state index contributed by atoms with van der Waals surface area (Å²) in [6, 6.07) is 26.2. The predicted octanol–water partition coefficient (Wildman–Crippen LogP) is 7.87. The SMILES string of the molecule is CC[C@@H](C(=O)NCC(C)C)N(Cc1ccc(Cl)c(Cl)c1)C(=O)CN(c1ccc(Oc2ccccc2)cc1)S(=O)(=O)c1ccc(C)cc1. The van der Waals surface area contributed by atoms with Gasteiger partial charge < -0.3 is 15.0 Å². The van der Waals surface area contributed by atoms with Gasteiger partial charge in [0.1, 0.15) is 24.1 Å². The summed E-state index contributed by atoms with van der Waals surface area (Å²) >= 11 is 12.4. The number of anilines is 1. The Kier molecular flexibility index (Phi) is 12.3. The number of para-hydroxylation sites is 1. The topological polar surface area (TPSA) is 96.0 Å². The van der Waals surface area contributed by atoms with Crippen LogP contribution in [0.5, 0.6) is 11.5 Å². The first-order chi connectivity index (χ1) is 22.4. The molecule has 0 saturated heterocycles. The molecule has 1 N–H and O–H groups in total. The summed E-state index contributed by atoms with van der Waals surface area (Å²) in [4.78, 5) is 29.2. The molecule has 11 heteroatoms. The lowest BCUT2D eigenvalue weighted by atomic mass is 10.1. The molecule has 0 fully saturated rings. The van der Waals surface area contributed by atoms with Crippen LogP contribution in [0.15, 0.2) is 102 Å². The van der Waals surface area contributed by atoms with E-state index in [0.29, 0.717) is 40.1 Å². The largest absolute Gasteiger partial charge is 0.457 e. The van der Waals surface area contributed by atoms with Crippen LogP contribution >= 0.6 is 23.2 Å². The summed E-state index contributed by atoms with van der Waals surface area (Å²) in [7, 11) is -4.22. The second kappa shape index (κ2) is 16.2. The van der Waals surface area contributed by atoms with Gasteiger partial charge in [-0.3, -0.25) is 13.9 Å². The number of nitrogens with zero attached hydrogens (tertiary/aromatic N) is 2. The first-order valence-electron chi connectivity index (χ1n) is 15.3. The lowest BCUT2D eigenvalue weighted by Gasteiger charge is -2.33. The van der Waals surface area contributed by atoms with Gasteiger partial charge in [0, 0.05) is 13.1 Å². The maximum absolute atomic E-state index is 14.3. The van der Waals surface area contributed by atoms with E-state index in [4.69, 9.17) is 27.9 Å². The highest BCUT2D eigenvalue weighted by Crippen LogP contribution is 2.29. The minimum Gasteiger partial charge on any atom is -0.457 e. The Balaban J connectivity index is 1.73. The van der Waals surface area contributed by atoms with Gasteiger partial charge in [-0.05, 0) is 85.5 Å². The highest BCUT2D eigenvalue weighted by atomic mass is 35.5. The van der Waals surface area contributed by atoms with E-state index in [0.717, 1.165) is 9.87 Å². The molecule has 0 aliphatic rings. The van der Waals surface area contributed by atoms with Crippen molar-refractivity contribution in [2.24, 2.45) is 5.92 Å². The molecule has 8 nitrogen and oxygen atoms in total. The van der Waals surface area contributed by atoms with Gasteiger partial charge in [0.15, 0.2) is 0 Å². The van der Waals surface area contributed by atoms with Gasteiger partial charge in [0.05, 0.1) is 20.6 Å². The minimum atomic E-state index is -4.22. The number of halogens is 2. The highest BCUT2D eigenvalue weighted by molar-refractivity contribution is 7.92. The van der Waals surface area contributed by atoms with E-state index in [1.54, 1.807) is 61.5 Å².